The number of ether oxygens (including phenoxy) is 1. The number of nitrogens with one attached hydrogen (secondary N) is 1. The number of aromatic nitrogens is 2. The third-order valence-electron chi connectivity index (χ3n) is 4.74. The third-order valence-corrected chi connectivity index (χ3v) is 6.83. The van der Waals surface area contributed by atoms with Gasteiger partial charge in [-0.2, -0.15) is 5.10 Å². The summed E-state index contributed by atoms with van der Waals surface area (Å²) in [5.74, 6) is 0.418. The molecule has 0 unspecified atom stereocenters. The van der Waals surface area contributed by atoms with Crippen LogP contribution in [0.1, 0.15) is 5.56 Å². The number of benzene rings is 3. The summed E-state index contributed by atoms with van der Waals surface area (Å²) in [5, 5.41) is 4.94. The SMILES string of the molecule is COc1ccc(C=NNC(=O)CSc2nc3ccccc3c(=O)n2-c2ccc(Br)cc2)cc1Br. The van der Waals surface area contributed by atoms with E-state index in [0.717, 1.165) is 14.5 Å². The summed E-state index contributed by atoms with van der Waals surface area (Å²) in [6.07, 6.45) is 1.54. The lowest BCUT2D eigenvalue weighted by Gasteiger charge is -2.13. The van der Waals surface area contributed by atoms with Crippen molar-refractivity contribution in [3.8, 4) is 11.4 Å². The maximum Gasteiger partial charge on any atom is 0.266 e. The number of hydrazone groups is 1. The number of para-hydroxylation sites is 1. The van der Waals surface area contributed by atoms with E-state index in [1.165, 1.54) is 16.3 Å². The third kappa shape index (κ3) is 5.57. The largest absolute Gasteiger partial charge is 0.496 e. The quantitative estimate of drug-likeness (QED) is 0.137. The molecule has 10 heteroatoms. The van der Waals surface area contributed by atoms with Gasteiger partial charge in [-0.05, 0) is 76.1 Å². The van der Waals surface area contributed by atoms with Gasteiger partial charge < -0.3 is 4.74 Å². The first-order valence-corrected chi connectivity index (χ1v) is 12.6. The Labute approximate surface area is 216 Å². The van der Waals surface area contributed by atoms with Gasteiger partial charge in [-0.15, -0.1) is 0 Å². The summed E-state index contributed by atoms with van der Waals surface area (Å²) in [7, 11) is 1.59. The fourth-order valence-corrected chi connectivity index (χ4v) is 4.76. The van der Waals surface area contributed by atoms with Crippen LogP contribution in [0.25, 0.3) is 16.6 Å². The molecule has 0 fully saturated rings. The van der Waals surface area contributed by atoms with Crippen LogP contribution in [0.4, 0.5) is 0 Å². The minimum atomic E-state index is -0.321. The van der Waals surface area contributed by atoms with Crippen LogP contribution in [0.5, 0.6) is 5.75 Å². The van der Waals surface area contributed by atoms with Gasteiger partial charge >= 0.3 is 0 Å². The van der Waals surface area contributed by atoms with Gasteiger partial charge in [-0.25, -0.2) is 10.4 Å². The lowest BCUT2D eigenvalue weighted by molar-refractivity contribution is -0.118. The van der Waals surface area contributed by atoms with E-state index in [9.17, 15) is 9.59 Å². The predicted molar refractivity (Wildman–Crippen MR) is 142 cm³/mol. The number of carbonyl (C=O) groups excluding carboxylic acids is 1. The van der Waals surface area contributed by atoms with Crippen LogP contribution in [0, 0.1) is 0 Å². The topological polar surface area (TPSA) is 85.6 Å². The second-order valence-electron chi connectivity index (χ2n) is 7.00. The summed E-state index contributed by atoms with van der Waals surface area (Å²) in [6, 6.07) is 20.0. The van der Waals surface area contributed by atoms with E-state index >= 15 is 0 Å². The molecule has 34 heavy (non-hydrogen) atoms. The van der Waals surface area contributed by atoms with Crippen molar-refractivity contribution < 1.29 is 9.53 Å². The van der Waals surface area contributed by atoms with Gasteiger partial charge in [-0.1, -0.05) is 39.8 Å². The maximum absolute atomic E-state index is 13.2. The number of fused-ring (bicyclic) bond motifs is 1. The van der Waals surface area contributed by atoms with E-state index in [4.69, 9.17) is 4.74 Å². The number of hydrogen-bond acceptors (Lipinski definition) is 6. The number of carbonyl (C=O) groups is 1. The van der Waals surface area contributed by atoms with Crippen molar-refractivity contribution in [2.45, 2.75) is 5.16 Å². The molecule has 0 aliphatic carbocycles. The second-order valence-corrected chi connectivity index (χ2v) is 9.72. The number of methoxy groups -OCH3 is 1. The Morgan fingerprint density at radius 2 is 1.91 bits per heavy atom. The zero-order valence-electron chi connectivity index (χ0n) is 17.9. The number of rotatable bonds is 7. The molecule has 4 aromatic rings. The standard InChI is InChI=1S/C24H18Br2N4O3S/c1-33-21-11-6-15(12-19(21)26)13-27-29-22(31)14-34-24-28-20-5-3-2-4-18(20)23(32)30(24)17-9-7-16(25)8-10-17/h2-13H,14H2,1H3,(H,29,31). The van der Waals surface area contributed by atoms with Gasteiger partial charge in [-0.3, -0.25) is 14.2 Å². The second kappa shape index (κ2) is 11.0. The molecule has 0 atom stereocenters. The normalized spacial score (nSPS) is 11.1. The monoisotopic (exact) mass is 600 g/mol. The minimum absolute atomic E-state index is 0.0327. The lowest BCUT2D eigenvalue weighted by Crippen LogP contribution is -2.24. The van der Waals surface area contributed by atoms with Crippen molar-refractivity contribution in [2.24, 2.45) is 5.10 Å². The summed E-state index contributed by atoms with van der Waals surface area (Å²) in [5.41, 5.74) is 4.35. The Morgan fingerprint density at radius 3 is 2.65 bits per heavy atom. The number of halogens is 2. The van der Waals surface area contributed by atoms with E-state index in [1.54, 1.807) is 37.6 Å². The molecule has 1 amide bonds. The summed E-state index contributed by atoms with van der Waals surface area (Å²) >= 11 is 8.00. The minimum Gasteiger partial charge on any atom is -0.496 e. The highest BCUT2D eigenvalue weighted by Crippen LogP contribution is 2.25. The molecular weight excluding hydrogens is 584 g/mol. The molecule has 0 saturated carbocycles. The number of nitrogens with zero attached hydrogens (tertiary/aromatic N) is 3. The Hall–Kier alpha value is -2.95. The van der Waals surface area contributed by atoms with Crippen LogP contribution in [0.3, 0.4) is 0 Å². The number of hydrogen-bond donors (Lipinski definition) is 1. The fraction of sp³-hybridized carbons (Fsp3) is 0.0833. The van der Waals surface area contributed by atoms with Crippen molar-refractivity contribution >= 4 is 66.6 Å². The summed E-state index contributed by atoms with van der Waals surface area (Å²) in [6.45, 7) is 0. The molecule has 7 nitrogen and oxygen atoms in total. The van der Waals surface area contributed by atoms with Gasteiger partial charge in [0, 0.05) is 4.47 Å². The average molecular weight is 602 g/mol. The Balaban J connectivity index is 1.53. The lowest BCUT2D eigenvalue weighted by atomic mass is 10.2. The molecule has 1 heterocycles. The molecule has 3 aromatic carbocycles. The Bertz CT molecular complexity index is 1440. The van der Waals surface area contributed by atoms with E-state index in [2.05, 4.69) is 47.4 Å². The molecule has 4 rings (SSSR count). The summed E-state index contributed by atoms with van der Waals surface area (Å²) in [4.78, 5) is 30.3. The number of amides is 1. The van der Waals surface area contributed by atoms with Crippen LogP contribution < -0.4 is 15.7 Å². The number of thioether (sulfide) groups is 1. The van der Waals surface area contributed by atoms with E-state index in [0.29, 0.717) is 27.5 Å². The van der Waals surface area contributed by atoms with Gasteiger partial charge in [0.1, 0.15) is 5.75 Å². The molecule has 0 radical (unpaired) electrons. The molecule has 1 aromatic heterocycles. The molecule has 0 spiro atoms. The van der Waals surface area contributed by atoms with Crippen molar-refractivity contribution in [1.82, 2.24) is 15.0 Å². The van der Waals surface area contributed by atoms with E-state index in [1.807, 2.05) is 42.5 Å². The van der Waals surface area contributed by atoms with Gasteiger partial charge in [0.25, 0.3) is 11.5 Å². The molecular formula is C24H18Br2N4O3S. The highest BCUT2D eigenvalue weighted by atomic mass is 79.9. The average Bonchev–Trinajstić information content (AvgIpc) is 2.84. The zero-order valence-corrected chi connectivity index (χ0v) is 21.9. The molecule has 0 aliphatic heterocycles. The van der Waals surface area contributed by atoms with Gasteiger partial charge in [0.15, 0.2) is 5.16 Å². The summed E-state index contributed by atoms with van der Waals surface area (Å²) < 4.78 is 8.40. The zero-order chi connectivity index (χ0) is 24.1. The van der Waals surface area contributed by atoms with Crippen LogP contribution >= 0.6 is 43.6 Å². The van der Waals surface area contributed by atoms with Crippen LogP contribution in [0.15, 0.2) is 90.7 Å². The van der Waals surface area contributed by atoms with Gasteiger partial charge in [0.05, 0.1) is 40.1 Å². The first-order valence-electron chi connectivity index (χ1n) is 10.0. The fourth-order valence-electron chi connectivity index (χ4n) is 3.13. The van der Waals surface area contributed by atoms with Crippen LogP contribution in [-0.4, -0.2) is 34.5 Å². The van der Waals surface area contributed by atoms with Crippen molar-refractivity contribution in [3.05, 3.63) is 91.6 Å². The van der Waals surface area contributed by atoms with E-state index in [-0.39, 0.29) is 17.2 Å². The molecule has 1 N–H and O–H groups in total. The van der Waals surface area contributed by atoms with Crippen LogP contribution in [0.2, 0.25) is 0 Å². The predicted octanol–water partition coefficient (Wildman–Crippen LogP) is 5.16. The molecule has 0 aliphatic rings. The van der Waals surface area contributed by atoms with Crippen molar-refractivity contribution in [3.63, 3.8) is 0 Å². The van der Waals surface area contributed by atoms with Crippen LogP contribution in [-0.2, 0) is 4.79 Å². The Morgan fingerprint density at radius 1 is 1.15 bits per heavy atom. The van der Waals surface area contributed by atoms with Crippen molar-refractivity contribution in [2.75, 3.05) is 12.9 Å². The van der Waals surface area contributed by atoms with E-state index < -0.39 is 0 Å². The Kier molecular flexibility index (Phi) is 7.81. The van der Waals surface area contributed by atoms with Gasteiger partial charge in [0.2, 0.25) is 0 Å². The highest BCUT2D eigenvalue weighted by Gasteiger charge is 2.14. The smallest absolute Gasteiger partial charge is 0.266 e. The molecule has 0 bridgehead atoms. The molecule has 0 saturated heterocycles. The van der Waals surface area contributed by atoms with Crippen molar-refractivity contribution in [1.29, 1.82) is 0 Å². The highest BCUT2D eigenvalue weighted by molar-refractivity contribution is 9.10. The maximum atomic E-state index is 13.2. The first kappa shape index (κ1) is 24.2. The molecule has 172 valence electrons. The first-order chi connectivity index (χ1) is 16.5.